The summed E-state index contributed by atoms with van der Waals surface area (Å²) in [6, 6.07) is 0. The zero-order chi connectivity index (χ0) is 15.9. The number of hydrogen-bond acceptors (Lipinski definition) is 4. The minimum Gasteiger partial charge on any atom is -0.469 e. The second-order valence-electron chi connectivity index (χ2n) is 7.23. The second kappa shape index (κ2) is 5.71. The quantitative estimate of drug-likeness (QED) is 0.578. The molecule has 22 heavy (non-hydrogen) atoms. The van der Waals surface area contributed by atoms with Gasteiger partial charge in [-0.1, -0.05) is 19.9 Å². The molecular formula is C18H26O4. The van der Waals surface area contributed by atoms with Crippen LogP contribution in [0.1, 0.15) is 51.9 Å². The summed E-state index contributed by atoms with van der Waals surface area (Å²) in [5.74, 6) is 1.96. The van der Waals surface area contributed by atoms with Gasteiger partial charge >= 0.3 is 11.9 Å². The molecule has 4 heteroatoms. The van der Waals surface area contributed by atoms with E-state index in [0.717, 1.165) is 30.6 Å². The molecule has 5 atom stereocenters. The van der Waals surface area contributed by atoms with E-state index in [0.29, 0.717) is 5.92 Å². The minimum atomic E-state index is -0.448. The first-order chi connectivity index (χ1) is 10.5. The zero-order valence-corrected chi connectivity index (χ0v) is 13.6. The van der Waals surface area contributed by atoms with Crippen molar-refractivity contribution in [3.8, 4) is 0 Å². The number of ether oxygens (including phenoxy) is 2. The maximum absolute atomic E-state index is 12.4. The second-order valence-corrected chi connectivity index (χ2v) is 7.23. The predicted octanol–water partition coefficient (Wildman–Crippen LogP) is 3.25. The SMILES string of the molecule is C=C(CC(=O)OC)C(=O)OC1(CC)CC2CC1C1CCCC21. The van der Waals surface area contributed by atoms with E-state index in [9.17, 15) is 9.59 Å². The van der Waals surface area contributed by atoms with Crippen molar-refractivity contribution in [1.29, 1.82) is 0 Å². The lowest BCUT2D eigenvalue weighted by Crippen LogP contribution is -2.45. The normalized spacial score (nSPS) is 38.6. The Hall–Kier alpha value is -1.32. The molecule has 0 aromatic rings. The van der Waals surface area contributed by atoms with E-state index in [1.807, 2.05) is 0 Å². The number of esters is 2. The van der Waals surface area contributed by atoms with Crippen LogP contribution in [0.15, 0.2) is 12.2 Å². The molecule has 3 aliphatic carbocycles. The van der Waals surface area contributed by atoms with E-state index in [1.165, 1.54) is 32.8 Å². The molecule has 0 N–H and O–H groups in total. The number of carbonyl (C=O) groups is 2. The summed E-state index contributed by atoms with van der Waals surface area (Å²) < 4.78 is 10.5. The van der Waals surface area contributed by atoms with Gasteiger partial charge in [0.1, 0.15) is 5.60 Å². The number of fused-ring (bicyclic) bond motifs is 5. The van der Waals surface area contributed by atoms with Crippen LogP contribution < -0.4 is 0 Å². The Bertz CT molecular complexity index is 497. The molecule has 0 saturated heterocycles. The fourth-order valence-corrected chi connectivity index (χ4v) is 5.38. The number of rotatable bonds is 5. The summed E-state index contributed by atoms with van der Waals surface area (Å²) in [4.78, 5) is 23.7. The maximum atomic E-state index is 12.4. The lowest BCUT2D eigenvalue weighted by Gasteiger charge is -2.42. The van der Waals surface area contributed by atoms with Gasteiger partial charge in [-0.05, 0) is 49.9 Å². The van der Waals surface area contributed by atoms with Crippen LogP contribution in [0.2, 0.25) is 0 Å². The largest absolute Gasteiger partial charge is 0.469 e. The molecule has 0 aromatic carbocycles. The lowest BCUT2D eigenvalue weighted by atomic mass is 9.71. The highest BCUT2D eigenvalue weighted by Gasteiger charge is 2.62. The minimum absolute atomic E-state index is 0.0880. The van der Waals surface area contributed by atoms with Gasteiger partial charge < -0.3 is 9.47 Å². The summed E-state index contributed by atoms with van der Waals surface area (Å²) in [6.07, 6.45) is 6.93. The van der Waals surface area contributed by atoms with Crippen LogP contribution in [-0.4, -0.2) is 24.6 Å². The van der Waals surface area contributed by atoms with Gasteiger partial charge in [-0.15, -0.1) is 0 Å². The third-order valence-corrected chi connectivity index (χ3v) is 6.36. The molecule has 0 radical (unpaired) electrons. The van der Waals surface area contributed by atoms with Crippen molar-refractivity contribution in [3.63, 3.8) is 0 Å². The van der Waals surface area contributed by atoms with Crippen LogP contribution in [0.5, 0.6) is 0 Å². The fourth-order valence-electron chi connectivity index (χ4n) is 5.38. The Morgan fingerprint density at radius 3 is 2.68 bits per heavy atom. The average molecular weight is 306 g/mol. The predicted molar refractivity (Wildman–Crippen MR) is 81.9 cm³/mol. The van der Waals surface area contributed by atoms with Gasteiger partial charge in [0.05, 0.1) is 13.5 Å². The van der Waals surface area contributed by atoms with Crippen molar-refractivity contribution in [2.75, 3.05) is 7.11 Å². The Kier molecular flexibility index (Phi) is 4.04. The molecule has 3 aliphatic rings. The molecule has 0 heterocycles. The van der Waals surface area contributed by atoms with E-state index in [4.69, 9.17) is 4.74 Å². The van der Waals surface area contributed by atoms with Gasteiger partial charge in [0, 0.05) is 11.5 Å². The number of methoxy groups -OCH3 is 1. The lowest BCUT2D eigenvalue weighted by molar-refractivity contribution is -0.166. The van der Waals surface area contributed by atoms with Crippen LogP contribution in [0.3, 0.4) is 0 Å². The van der Waals surface area contributed by atoms with E-state index >= 15 is 0 Å². The third-order valence-electron chi connectivity index (χ3n) is 6.36. The van der Waals surface area contributed by atoms with Crippen molar-refractivity contribution >= 4 is 11.9 Å². The van der Waals surface area contributed by atoms with Gasteiger partial charge in [0.15, 0.2) is 0 Å². The van der Waals surface area contributed by atoms with Crippen LogP contribution in [0.25, 0.3) is 0 Å². The first kappa shape index (κ1) is 15.6. The monoisotopic (exact) mass is 306 g/mol. The fraction of sp³-hybridized carbons (Fsp3) is 0.778. The third kappa shape index (κ3) is 2.37. The summed E-state index contributed by atoms with van der Waals surface area (Å²) in [6.45, 7) is 5.82. The van der Waals surface area contributed by atoms with Crippen LogP contribution in [-0.2, 0) is 19.1 Å². The highest BCUT2D eigenvalue weighted by molar-refractivity contribution is 5.93. The van der Waals surface area contributed by atoms with Gasteiger partial charge in [-0.3, -0.25) is 4.79 Å². The number of hydrogen-bond donors (Lipinski definition) is 0. The van der Waals surface area contributed by atoms with Crippen LogP contribution in [0.4, 0.5) is 0 Å². The Morgan fingerprint density at radius 2 is 2.00 bits per heavy atom. The highest BCUT2D eigenvalue weighted by Crippen LogP contribution is 2.64. The summed E-state index contributed by atoms with van der Waals surface area (Å²) >= 11 is 0. The van der Waals surface area contributed by atoms with Crippen LogP contribution >= 0.6 is 0 Å². The summed E-state index contributed by atoms with van der Waals surface area (Å²) in [7, 11) is 1.31. The molecule has 0 aliphatic heterocycles. The molecule has 4 nitrogen and oxygen atoms in total. The average Bonchev–Trinajstić information content (AvgIpc) is 3.18. The molecule has 0 aromatic heterocycles. The van der Waals surface area contributed by atoms with Crippen molar-refractivity contribution in [1.82, 2.24) is 0 Å². The molecular weight excluding hydrogens is 280 g/mol. The van der Waals surface area contributed by atoms with Crippen molar-refractivity contribution in [2.45, 2.75) is 57.5 Å². The van der Waals surface area contributed by atoms with E-state index < -0.39 is 11.9 Å². The molecule has 3 rings (SSSR count). The van der Waals surface area contributed by atoms with Crippen molar-refractivity contribution in [2.24, 2.45) is 23.7 Å². The summed E-state index contributed by atoms with van der Waals surface area (Å²) in [5.41, 5.74) is -0.128. The van der Waals surface area contributed by atoms with Crippen molar-refractivity contribution < 1.29 is 19.1 Å². The first-order valence-electron chi connectivity index (χ1n) is 8.48. The zero-order valence-electron chi connectivity index (χ0n) is 13.6. The summed E-state index contributed by atoms with van der Waals surface area (Å²) in [5, 5.41) is 0. The Labute approximate surface area is 132 Å². The van der Waals surface area contributed by atoms with Gasteiger partial charge in [-0.25, -0.2) is 4.79 Å². The van der Waals surface area contributed by atoms with Gasteiger partial charge in [0.2, 0.25) is 0 Å². The standard InChI is InChI=1S/C18H26O4/c1-4-18(22-17(20)11(2)8-16(19)21-3)10-12-9-15(18)14-7-5-6-13(12)14/h12-15H,2,4-10H2,1,3H3. The Balaban J connectivity index is 1.69. The molecule has 3 saturated carbocycles. The Morgan fingerprint density at radius 1 is 1.27 bits per heavy atom. The molecule has 2 bridgehead atoms. The van der Waals surface area contributed by atoms with Gasteiger partial charge in [-0.2, -0.15) is 0 Å². The maximum Gasteiger partial charge on any atom is 0.334 e. The van der Waals surface area contributed by atoms with Crippen LogP contribution in [0, 0.1) is 23.7 Å². The topological polar surface area (TPSA) is 52.6 Å². The van der Waals surface area contributed by atoms with Crippen molar-refractivity contribution in [3.05, 3.63) is 12.2 Å². The number of carbonyl (C=O) groups excluding carboxylic acids is 2. The highest BCUT2D eigenvalue weighted by atomic mass is 16.6. The smallest absolute Gasteiger partial charge is 0.334 e. The molecule has 0 amide bonds. The molecule has 0 spiro atoms. The molecule has 3 fully saturated rings. The van der Waals surface area contributed by atoms with E-state index in [2.05, 4.69) is 18.2 Å². The van der Waals surface area contributed by atoms with E-state index in [1.54, 1.807) is 0 Å². The molecule has 122 valence electrons. The van der Waals surface area contributed by atoms with E-state index in [-0.39, 0.29) is 17.6 Å². The van der Waals surface area contributed by atoms with Gasteiger partial charge in [0.25, 0.3) is 0 Å². The molecule has 5 unspecified atom stereocenters. The first-order valence-corrected chi connectivity index (χ1v) is 8.48.